The average molecular weight is 348 g/mol. The fourth-order valence-electron chi connectivity index (χ4n) is 2.54. The van der Waals surface area contributed by atoms with Crippen LogP contribution in [0.5, 0.6) is 23.0 Å². The number of aromatic hydroxyl groups is 2. The van der Waals surface area contributed by atoms with E-state index < -0.39 is 6.10 Å². The van der Waals surface area contributed by atoms with Crippen LogP contribution in [0, 0.1) is 0 Å². The Bertz CT molecular complexity index is 686. The van der Waals surface area contributed by atoms with Crippen LogP contribution in [0.2, 0.25) is 0 Å². The highest BCUT2D eigenvalue weighted by Gasteiger charge is 2.15. The largest absolute Gasteiger partial charge is 0.504 e. The number of phenols is 2. The average Bonchev–Trinajstić information content (AvgIpc) is 2.62. The molecule has 2 aromatic carbocycles. The first-order valence-electron chi connectivity index (χ1n) is 8.13. The van der Waals surface area contributed by atoms with E-state index >= 15 is 0 Å². The van der Waals surface area contributed by atoms with Gasteiger partial charge >= 0.3 is 0 Å². The normalized spacial score (nSPS) is 12.0. The zero-order valence-electron chi connectivity index (χ0n) is 14.2. The van der Waals surface area contributed by atoms with Crippen LogP contribution in [0.4, 0.5) is 0 Å². The van der Waals surface area contributed by atoms with Crippen molar-refractivity contribution in [3.05, 3.63) is 47.5 Å². The maximum atomic E-state index is 10.1. The second-order valence-corrected chi connectivity index (χ2v) is 5.76. The first kappa shape index (κ1) is 18.9. The Labute approximate surface area is 146 Å². The van der Waals surface area contributed by atoms with E-state index in [1.807, 2.05) is 6.07 Å². The minimum atomic E-state index is -0.552. The van der Waals surface area contributed by atoms with Gasteiger partial charge in [0, 0.05) is 13.0 Å². The molecular formula is C19H24O6. The topological polar surface area (TPSA) is 99.4 Å². The Hall–Kier alpha value is -2.44. The van der Waals surface area contributed by atoms with Crippen molar-refractivity contribution >= 4 is 0 Å². The van der Waals surface area contributed by atoms with Gasteiger partial charge in [0.15, 0.2) is 23.0 Å². The minimum absolute atomic E-state index is 0.00261. The molecule has 6 heteroatoms. The molecule has 2 rings (SSSR count). The van der Waals surface area contributed by atoms with Gasteiger partial charge in [0.25, 0.3) is 0 Å². The molecule has 0 amide bonds. The molecule has 0 saturated carbocycles. The van der Waals surface area contributed by atoms with Crippen molar-refractivity contribution in [3.8, 4) is 23.0 Å². The highest BCUT2D eigenvalue weighted by molar-refractivity contribution is 5.43. The third-order valence-corrected chi connectivity index (χ3v) is 3.85. The predicted molar refractivity (Wildman–Crippen MR) is 93.4 cm³/mol. The third kappa shape index (κ3) is 5.27. The highest BCUT2D eigenvalue weighted by atomic mass is 16.5. The lowest BCUT2D eigenvalue weighted by Gasteiger charge is -2.18. The maximum Gasteiger partial charge on any atom is 0.161 e. The summed E-state index contributed by atoms with van der Waals surface area (Å²) in [6.07, 6.45) is 1.13. The van der Waals surface area contributed by atoms with Crippen molar-refractivity contribution in [1.29, 1.82) is 0 Å². The van der Waals surface area contributed by atoms with Crippen LogP contribution in [0.3, 0.4) is 0 Å². The molecule has 1 atom stereocenters. The molecule has 2 aromatic rings. The van der Waals surface area contributed by atoms with Gasteiger partial charge in [-0.15, -0.1) is 0 Å². The quantitative estimate of drug-likeness (QED) is 0.553. The highest BCUT2D eigenvalue weighted by Crippen LogP contribution is 2.30. The Balaban J connectivity index is 2.06. The SMILES string of the molecule is COc1cc(C[C@H](CO)Oc2ccc(CCCO)cc2O)ccc1O. The molecule has 0 bridgehead atoms. The van der Waals surface area contributed by atoms with Gasteiger partial charge in [0.05, 0.1) is 13.7 Å². The van der Waals surface area contributed by atoms with E-state index in [1.54, 1.807) is 24.3 Å². The smallest absolute Gasteiger partial charge is 0.161 e. The predicted octanol–water partition coefficient (Wildman–Crippen LogP) is 2.01. The third-order valence-electron chi connectivity index (χ3n) is 3.85. The second kappa shape index (κ2) is 9.15. The van der Waals surface area contributed by atoms with E-state index in [4.69, 9.17) is 14.6 Å². The number of aliphatic hydroxyl groups is 2. The van der Waals surface area contributed by atoms with Crippen LogP contribution in [-0.4, -0.2) is 46.9 Å². The summed E-state index contributed by atoms with van der Waals surface area (Å²) in [5, 5.41) is 38.2. The van der Waals surface area contributed by atoms with Crippen molar-refractivity contribution in [2.45, 2.75) is 25.4 Å². The summed E-state index contributed by atoms with van der Waals surface area (Å²) in [5.41, 5.74) is 1.73. The van der Waals surface area contributed by atoms with Gasteiger partial charge in [-0.3, -0.25) is 0 Å². The number of hydrogen-bond donors (Lipinski definition) is 4. The molecule has 6 nitrogen and oxygen atoms in total. The number of aryl methyl sites for hydroxylation is 1. The van der Waals surface area contributed by atoms with Gasteiger partial charge in [-0.1, -0.05) is 12.1 Å². The molecular weight excluding hydrogens is 324 g/mol. The lowest BCUT2D eigenvalue weighted by atomic mass is 10.1. The molecule has 0 unspecified atom stereocenters. The zero-order valence-corrected chi connectivity index (χ0v) is 14.2. The lowest BCUT2D eigenvalue weighted by molar-refractivity contribution is 0.112. The van der Waals surface area contributed by atoms with Gasteiger partial charge < -0.3 is 29.9 Å². The molecule has 0 saturated heterocycles. The number of aliphatic hydroxyl groups excluding tert-OH is 2. The molecule has 25 heavy (non-hydrogen) atoms. The van der Waals surface area contributed by atoms with Crippen LogP contribution < -0.4 is 9.47 Å². The van der Waals surface area contributed by atoms with Crippen LogP contribution >= 0.6 is 0 Å². The molecule has 0 fully saturated rings. The summed E-state index contributed by atoms with van der Waals surface area (Å²) >= 11 is 0. The van der Waals surface area contributed by atoms with Crippen molar-refractivity contribution < 1.29 is 29.9 Å². The number of hydrogen-bond acceptors (Lipinski definition) is 6. The minimum Gasteiger partial charge on any atom is -0.504 e. The number of rotatable bonds is 9. The second-order valence-electron chi connectivity index (χ2n) is 5.76. The Morgan fingerprint density at radius 1 is 0.920 bits per heavy atom. The molecule has 0 aliphatic heterocycles. The standard InChI is InChI=1S/C19H24O6/c1-24-19-11-14(4-6-16(19)22)9-15(12-21)25-18-7-5-13(3-2-8-20)10-17(18)23/h4-7,10-11,15,20-23H,2-3,8-9,12H2,1H3/t15-/m1/s1. The number of benzene rings is 2. The zero-order chi connectivity index (χ0) is 18.2. The molecule has 0 aromatic heterocycles. The number of ether oxygens (including phenoxy) is 2. The Morgan fingerprint density at radius 2 is 1.68 bits per heavy atom. The van der Waals surface area contributed by atoms with Crippen molar-refractivity contribution in [1.82, 2.24) is 0 Å². The molecule has 4 N–H and O–H groups in total. The molecule has 0 spiro atoms. The van der Waals surface area contributed by atoms with E-state index in [-0.39, 0.29) is 30.5 Å². The van der Waals surface area contributed by atoms with Gasteiger partial charge in [0.1, 0.15) is 6.10 Å². The fraction of sp³-hybridized carbons (Fsp3) is 0.368. The summed E-state index contributed by atoms with van der Waals surface area (Å²) in [5.74, 6) is 0.684. The van der Waals surface area contributed by atoms with E-state index in [2.05, 4.69) is 0 Å². The summed E-state index contributed by atoms with van der Waals surface area (Å²) in [7, 11) is 1.47. The Morgan fingerprint density at radius 3 is 2.32 bits per heavy atom. The number of methoxy groups -OCH3 is 1. The van der Waals surface area contributed by atoms with Crippen LogP contribution in [0.1, 0.15) is 17.5 Å². The first-order valence-corrected chi connectivity index (χ1v) is 8.13. The van der Waals surface area contributed by atoms with Crippen LogP contribution in [0.15, 0.2) is 36.4 Å². The van der Waals surface area contributed by atoms with E-state index in [0.29, 0.717) is 25.0 Å². The first-order chi connectivity index (χ1) is 12.1. The van der Waals surface area contributed by atoms with E-state index in [0.717, 1.165) is 11.1 Å². The molecule has 0 aliphatic rings. The van der Waals surface area contributed by atoms with Crippen molar-refractivity contribution in [3.63, 3.8) is 0 Å². The monoisotopic (exact) mass is 348 g/mol. The van der Waals surface area contributed by atoms with Crippen LogP contribution in [0.25, 0.3) is 0 Å². The number of phenolic OH excluding ortho intramolecular Hbond substituents is 2. The van der Waals surface area contributed by atoms with Gasteiger partial charge in [0.2, 0.25) is 0 Å². The fourth-order valence-corrected chi connectivity index (χ4v) is 2.54. The summed E-state index contributed by atoms with van der Waals surface area (Å²) in [4.78, 5) is 0. The van der Waals surface area contributed by atoms with Crippen molar-refractivity contribution in [2.24, 2.45) is 0 Å². The Kier molecular flexibility index (Phi) is 6.91. The molecule has 136 valence electrons. The molecule has 0 radical (unpaired) electrons. The summed E-state index contributed by atoms with van der Waals surface area (Å²) in [6, 6.07) is 10.0. The van der Waals surface area contributed by atoms with Gasteiger partial charge in [-0.05, 0) is 48.2 Å². The van der Waals surface area contributed by atoms with E-state index in [1.165, 1.54) is 13.2 Å². The maximum absolute atomic E-state index is 10.1. The summed E-state index contributed by atoms with van der Waals surface area (Å²) < 4.78 is 10.8. The van der Waals surface area contributed by atoms with Gasteiger partial charge in [-0.2, -0.15) is 0 Å². The van der Waals surface area contributed by atoms with E-state index in [9.17, 15) is 15.3 Å². The molecule has 0 aliphatic carbocycles. The summed E-state index contributed by atoms with van der Waals surface area (Å²) in [6.45, 7) is -0.128. The lowest BCUT2D eigenvalue weighted by Crippen LogP contribution is -2.24. The van der Waals surface area contributed by atoms with Crippen LogP contribution in [-0.2, 0) is 12.8 Å². The molecule has 0 heterocycles. The van der Waals surface area contributed by atoms with Crippen molar-refractivity contribution in [2.75, 3.05) is 20.3 Å². The van der Waals surface area contributed by atoms with Gasteiger partial charge in [-0.25, -0.2) is 0 Å².